The van der Waals surface area contributed by atoms with Gasteiger partial charge in [0.2, 0.25) is 0 Å². The molecule has 0 unspecified atom stereocenters. The maximum Gasteiger partial charge on any atom is 0.336 e. The molecule has 1 aliphatic rings. The van der Waals surface area contributed by atoms with Gasteiger partial charge in [-0.2, -0.15) is 0 Å². The van der Waals surface area contributed by atoms with Crippen molar-refractivity contribution in [3.63, 3.8) is 0 Å². The van der Waals surface area contributed by atoms with Crippen LogP contribution in [-0.4, -0.2) is 17.0 Å². The third-order valence-electron chi connectivity index (χ3n) is 7.07. The average Bonchev–Trinajstić information content (AvgIpc) is 2.89. The lowest BCUT2D eigenvalue weighted by molar-refractivity contribution is -0.137. The monoisotopic (exact) mass is 792 g/mol. The van der Waals surface area contributed by atoms with Gasteiger partial charge in [0.1, 0.15) is 11.5 Å². The van der Waals surface area contributed by atoms with Crippen molar-refractivity contribution >= 4 is 57.1 Å². The lowest BCUT2D eigenvalue weighted by Gasteiger charge is -2.32. The molecule has 5 nitrogen and oxygen atoms in total. The summed E-state index contributed by atoms with van der Waals surface area (Å²) in [4.78, 5) is 23.3. The lowest BCUT2D eigenvalue weighted by Crippen LogP contribution is -2.19. The number of esters is 1. The number of hydrogen-bond acceptors (Lipinski definition) is 4. The minimum absolute atomic E-state index is 0.0864. The van der Waals surface area contributed by atoms with E-state index < -0.39 is 11.9 Å². The SMILES string of the molecule is CC(C=CC1=C(C)CCCC1(C)C)=CC=CC(C)=CC(=O)Oc1ccc(Oc2c(I)cc(CCC(=O)O)cc2I)cc1. The van der Waals surface area contributed by atoms with E-state index in [9.17, 15) is 9.59 Å². The van der Waals surface area contributed by atoms with E-state index in [1.54, 1.807) is 24.3 Å². The number of carboxylic acid groups (broad SMARTS) is 1. The number of carboxylic acids is 1. The zero-order valence-corrected chi connectivity index (χ0v) is 29.1. The highest BCUT2D eigenvalue weighted by Crippen LogP contribution is 2.41. The first-order valence-electron chi connectivity index (χ1n) is 13.9. The average molecular weight is 792 g/mol. The van der Waals surface area contributed by atoms with Crippen LogP contribution >= 0.6 is 45.2 Å². The van der Waals surface area contributed by atoms with Crippen molar-refractivity contribution < 1.29 is 24.2 Å². The summed E-state index contributed by atoms with van der Waals surface area (Å²) in [5.41, 5.74) is 6.03. The molecule has 42 heavy (non-hydrogen) atoms. The third kappa shape index (κ3) is 10.6. The number of halogens is 2. The largest absolute Gasteiger partial charge is 0.481 e. The molecule has 1 N–H and O–H groups in total. The number of hydrogen-bond donors (Lipinski definition) is 1. The predicted molar refractivity (Wildman–Crippen MR) is 186 cm³/mol. The van der Waals surface area contributed by atoms with Crippen molar-refractivity contribution in [1.82, 2.24) is 0 Å². The molecular weight excluding hydrogens is 754 g/mol. The summed E-state index contributed by atoms with van der Waals surface area (Å²) in [5, 5.41) is 8.93. The second-order valence-electron chi connectivity index (χ2n) is 11.2. The van der Waals surface area contributed by atoms with Crippen molar-refractivity contribution in [1.29, 1.82) is 0 Å². The van der Waals surface area contributed by atoms with Gasteiger partial charge in [0.05, 0.1) is 7.14 Å². The summed E-state index contributed by atoms with van der Waals surface area (Å²) in [6, 6.07) is 10.7. The van der Waals surface area contributed by atoms with Crippen molar-refractivity contribution in [2.75, 3.05) is 0 Å². The molecule has 0 amide bonds. The molecule has 0 fully saturated rings. The fourth-order valence-corrected chi connectivity index (χ4v) is 6.93. The number of ether oxygens (including phenoxy) is 2. The summed E-state index contributed by atoms with van der Waals surface area (Å²) in [5.74, 6) is 0.462. The Morgan fingerprint density at radius 3 is 2.26 bits per heavy atom. The number of carbonyl (C=O) groups is 2. The van der Waals surface area contributed by atoms with Gasteiger partial charge in [0.15, 0.2) is 5.75 Å². The molecular formula is C35H38I2O5. The number of allylic oxidation sites excluding steroid dienone is 9. The normalized spacial score (nSPS) is 15.9. The molecule has 7 heteroatoms. The van der Waals surface area contributed by atoms with Gasteiger partial charge >= 0.3 is 11.9 Å². The van der Waals surface area contributed by atoms with Crippen LogP contribution in [0.5, 0.6) is 17.2 Å². The topological polar surface area (TPSA) is 72.8 Å². The standard InChI is InChI=1S/C35H38I2O5/c1-23(11-17-29-25(3)10-7-19-35(29,4)5)8-6-9-24(2)20-33(40)41-27-13-15-28(16-14-27)42-34-30(36)21-26(22-31(34)37)12-18-32(38)39/h6,8-9,11,13-17,20-22H,7,10,12,18-19H2,1-5H3,(H,38,39). The molecule has 1 aliphatic carbocycles. The minimum Gasteiger partial charge on any atom is -0.481 e. The smallest absolute Gasteiger partial charge is 0.336 e. The zero-order valence-electron chi connectivity index (χ0n) is 24.8. The molecule has 0 saturated heterocycles. The Morgan fingerprint density at radius 2 is 1.64 bits per heavy atom. The van der Waals surface area contributed by atoms with Crippen LogP contribution in [0.2, 0.25) is 0 Å². The second kappa shape index (κ2) is 15.7. The highest BCUT2D eigenvalue weighted by molar-refractivity contribution is 14.1. The van der Waals surface area contributed by atoms with Gasteiger partial charge in [0, 0.05) is 12.5 Å². The first-order valence-corrected chi connectivity index (χ1v) is 16.1. The van der Waals surface area contributed by atoms with Gasteiger partial charge in [-0.3, -0.25) is 4.79 Å². The Labute approximate surface area is 276 Å². The van der Waals surface area contributed by atoms with E-state index in [2.05, 4.69) is 85.0 Å². The lowest BCUT2D eigenvalue weighted by atomic mass is 9.72. The number of rotatable bonds is 11. The summed E-state index contributed by atoms with van der Waals surface area (Å²) >= 11 is 4.38. The number of aryl methyl sites for hydroxylation is 1. The van der Waals surface area contributed by atoms with E-state index in [0.29, 0.717) is 23.7 Å². The van der Waals surface area contributed by atoms with Crippen LogP contribution in [0.4, 0.5) is 0 Å². The summed E-state index contributed by atoms with van der Waals surface area (Å²) in [6.07, 6.45) is 16.0. The van der Waals surface area contributed by atoms with Gasteiger partial charge in [0.25, 0.3) is 0 Å². The Bertz CT molecular complexity index is 1430. The van der Waals surface area contributed by atoms with Crippen molar-refractivity contribution in [3.05, 3.63) is 108 Å². The van der Waals surface area contributed by atoms with E-state index in [0.717, 1.165) is 23.9 Å². The fraction of sp³-hybridized carbons (Fsp3) is 0.314. The molecule has 0 aromatic heterocycles. The van der Waals surface area contributed by atoms with E-state index in [-0.39, 0.29) is 11.8 Å². The number of carbonyl (C=O) groups excluding carboxylic acids is 1. The maximum absolute atomic E-state index is 12.4. The Morgan fingerprint density at radius 1 is 1.00 bits per heavy atom. The molecule has 3 rings (SSSR count). The van der Waals surface area contributed by atoms with Gasteiger partial charge in [-0.25, -0.2) is 4.79 Å². The van der Waals surface area contributed by atoms with Crippen LogP contribution in [-0.2, 0) is 16.0 Å². The minimum atomic E-state index is -0.818. The Kier molecular flexibility index (Phi) is 12.7. The first kappa shape index (κ1) is 33.8. The molecule has 0 bridgehead atoms. The first-order chi connectivity index (χ1) is 19.8. The van der Waals surface area contributed by atoms with Crippen molar-refractivity contribution in [2.45, 2.75) is 66.7 Å². The second-order valence-corrected chi connectivity index (χ2v) is 13.5. The molecule has 0 radical (unpaired) electrons. The Balaban J connectivity index is 1.55. The van der Waals surface area contributed by atoms with Crippen molar-refractivity contribution in [2.24, 2.45) is 5.41 Å². The Hall–Kier alpha value is -2.66. The van der Waals surface area contributed by atoms with Crippen LogP contribution in [0.15, 0.2) is 95.1 Å². The fourth-order valence-electron chi connectivity index (χ4n) is 4.81. The van der Waals surface area contributed by atoms with Crippen LogP contribution in [0.25, 0.3) is 0 Å². The van der Waals surface area contributed by atoms with Crippen LogP contribution in [0.3, 0.4) is 0 Å². The summed E-state index contributed by atoms with van der Waals surface area (Å²) in [6.45, 7) is 10.8. The summed E-state index contributed by atoms with van der Waals surface area (Å²) in [7, 11) is 0. The van der Waals surface area contributed by atoms with Crippen molar-refractivity contribution in [3.8, 4) is 17.2 Å². The number of benzene rings is 2. The summed E-state index contributed by atoms with van der Waals surface area (Å²) < 4.78 is 13.3. The number of aliphatic carboxylic acids is 1. The predicted octanol–water partition coefficient (Wildman–Crippen LogP) is 10.1. The van der Waals surface area contributed by atoms with Gasteiger partial charge in [-0.1, -0.05) is 55.4 Å². The highest BCUT2D eigenvalue weighted by Gasteiger charge is 2.26. The molecule has 0 saturated carbocycles. The highest BCUT2D eigenvalue weighted by atomic mass is 127. The van der Waals surface area contributed by atoms with Crippen LogP contribution in [0, 0.1) is 12.6 Å². The van der Waals surface area contributed by atoms with Crippen LogP contribution in [0.1, 0.15) is 65.9 Å². The van der Waals surface area contributed by atoms with E-state index >= 15 is 0 Å². The maximum atomic E-state index is 12.4. The molecule has 0 atom stereocenters. The van der Waals surface area contributed by atoms with E-state index in [1.807, 2.05) is 37.3 Å². The molecule has 2 aromatic carbocycles. The third-order valence-corrected chi connectivity index (χ3v) is 8.67. The quantitative estimate of drug-likeness (QED) is 0.0807. The molecule has 0 aliphatic heterocycles. The van der Waals surface area contributed by atoms with E-state index in [4.69, 9.17) is 14.6 Å². The van der Waals surface area contributed by atoms with Crippen LogP contribution < -0.4 is 9.47 Å². The molecule has 0 spiro atoms. The molecule has 222 valence electrons. The van der Waals surface area contributed by atoms with Gasteiger partial charge < -0.3 is 14.6 Å². The zero-order chi connectivity index (χ0) is 30.9. The molecule has 0 heterocycles. The molecule has 2 aromatic rings. The van der Waals surface area contributed by atoms with Gasteiger partial charge in [-0.05, 0) is 150 Å². The van der Waals surface area contributed by atoms with Gasteiger partial charge in [-0.15, -0.1) is 0 Å². The van der Waals surface area contributed by atoms with E-state index in [1.165, 1.54) is 36.5 Å².